The van der Waals surface area contributed by atoms with Crippen LogP contribution in [0, 0.1) is 0 Å². The molecule has 0 radical (unpaired) electrons. The third kappa shape index (κ3) is 2.68. The number of aromatic hydroxyl groups is 1. The molecule has 0 saturated heterocycles. The summed E-state index contributed by atoms with van der Waals surface area (Å²) < 4.78 is 0. The van der Waals surface area contributed by atoms with Crippen LogP contribution in [0.25, 0.3) is 0 Å². The Balaban J connectivity index is 1.82. The molecule has 0 atom stereocenters. The molecule has 1 fully saturated rings. The van der Waals surface area contributed by atoms with E-state index in [0.717, 1.165) is 31.4 Å². The lowest BCUT2D eigenvalue weighted by Crippen LogP contribution is -2.49. The van der Waals surface area contributed by atoms with E-state index >= 15 is 0 Å². The standard InChI is InChI=1S/C14H19N5O/c15-12-17-13(16-10-5-4-6-11(20)9-10)19-14(18-12)7-2-1-3-8-14/h4-6,9,20H,1-3,7-8H2,(H4,15,16,17,18,19). The minimum absolute atomic E-state index is 0.209. The fraction of sp³-hybridized carbons (Fsp3) is 0.429. The molecule has 0 amide bonds. The van der Waals surface area contributed by atoms with Crippen molar-refractivity contribution in [2.24, 2.45) is 15.7 Å². The number of nitrogens with one attached hydrogen (secondary N) is 2. The molecule has 5 N–H and O–H groups in total. The van der Waals surface area contributed by atoms with E-state index in [1.54, 1.807) is 18.2 Å². The number of aliphatic imine (C=N–C) groups is 2. The minimum atomic E-state index is -0.410. The van der Waals surface area contributed by atoms with Crippen LogP contribution in [0.5, 0.6) is 5.75 Å². The van der Waals surface area contributed by atoms with Crippen LogP contribution in [0.1, 0.15) is 32.1 Å². The Labute approximate surface area is 117 Å². The highest BCUT2D eigenvalue weighted by Crippen LogP contribution is 2.34. The Morgan fingerprint density at radius 1 is 1.20 bits per heavy atom. The van der Waals surface area contributed by atoms with Crippen LogP contribution in [0.15, 0.2) is 34.3 Å². The fourth-order valence-corrected chi connectivity index (χ4v) is 2.76. The van der Waals surface area contributed by atoms with Crippen molar-refractivity contribution in [3.05, 3.63) is 24.3 Å². The molecule has 3 rings (SSSR count). The zero-order valence-electron chi connectivity index (χ0n) is 11.3. The molecule has 1 aromatic carbocycles. The van der Waals surface area contributed by atoms with Crippen molar-refractivity contribution in [2.75, 3.05) is 5.32 Å². The second-order valence-electron chi connectivity index (χ2n) is 5.30. The molecule has 106 valence electrons. The van der Waals surface area contributed by atoms with E-state index in [1.165, 1.54) is 6.42 Å². The van der Waals surface area contributed by atoms with E-state index in [1.807, 2.05) is 6.07 Å². The Bertz CT molecular complexity index is 560. The van der Waals surface area contributed by atoms with E-state index in [0.29, 0.717) is 11.9 Å². The number of guanidine groups is 2. The maximum atomic E-state index is 9.49. The highest BCUT2D eigenvalue weighted by molar-refractivity contribution is 6.06. The molecule has 2 aliphatic rings. The molecule has 6 nitrogen and oxygen atoms in total. The number of nitrogens with two attached hydrogens (primary N) is 1. The molecule has 1 heterocycles. The molecule has 1 saturated carbocycles. The van der Waals surface area contributed by atoms with Crippen LogP contribution in [-0.4, -0.2) is 22.7 Å². The molecular formula is C14H19N5O. The van der Waals surface area contributed by atoms with E-state index in [4.69, 9.17) is 10.7 Å². The van der Waals surface area contributed by atoms with Crippen LogP contribution in [-0.2, 0) is 0 Å². The van der Waals surface area contributed by atoms with Crippen LogP contribution in [0.2, 0.25) is 0 Å². The van der Waals surface area contributed by atoms with Crippen LogP contribution in [0.4, 0.5) is 5.69 Å². The van der Waals surface area contributed by atoms with Gasteiger partial charge in [0.2, 0.25) is 5.96 Å². The lowest BCUT2D eigenvalue weighted by atomic mass is 9.90. The van der Waals surface area contributed by atoms with Gasteiger partial charge < -0.3 is 16.2 Å². The SMILES string of the molecule is NC1=NC2(CCCCC2)N=C(Nc2cccc(O)c2)N1. The van der Waals surface area contributed by atoms with Gasteiger partial charge in [-0.05, 0) is 37.8 Å². The molecule has 0 aromatic heterocycles. The van der Waals surface area contributed by atoms with Crippen molar-refractivity contribution in [1.82, 2.24) is 5.32 Å². The second kappa shape index (κ2) is 5.03. The first-order valence-electron chi connectivity index (χ1n) is 6.94. The summed E-state index contributed by atoms with van der Waals surface area (Å²) in [7, 11) is 0. The van der Waals surface area contributed by atoms with Gasteiger partial charge in [0, 0.05) is 11.8 Å². The van der Waals surface area contributed by atoms with Gasteiger partial charge in [0.05, 0.1) is 0 Å². The molecule has 20 heavy (non-hydrogen) atoms. The largest absolute Gasteiger partial charge is 0.508 e. The summed E-state index contributed by atoms with van der Waals surface area (Å²) in [5.74, 6) is 1.19. The second-order valence-corrected chi connectivity index (χ2v) is 5.30. The Morgan fingerprint density at radius 2 is 2.00 bits per heavy atom. The minimum Gasteiger partial charge on any atom is -0.508 e. The number of hydrogen-bond acceptors (Lipinski definition) is 6. The Kier molecular flexibility index (Phi) is 3.22. The molecular weight excluding hydrogens is 254 g/mol. The number of anilines is 1. The van der Waals surface area contributed by atoms with E-state index < -0.39 is 5.66 Å². The van der Waals surface area contributed by atoms with Gasteiger partial charge in [-0.3, -0.25) is 5.32 Å². The fourth-order valence-electron chi connectivity index (χ4n) is 2.76. The van der Waals surface area contributed by atoms with Gasteiger partial charge in [-0.25, -0.2) is 9.98 Å². The summed E-state index contributed by atoms with van der Waals surface area (Å²) in [5.41, 5.74) is 6.23. The summed E-state index contributed by atoms with van der Waals surface area (Å²) in [4.78, 5) is 9.18. The van der Waals surface area contributed by atoms with Gasteiger partial charge in [-0.1, -0.05) is 12.5 Å². The average molecular weight is 273 g/mol. The summed E-state index contributed by atoms with van der Waals surface area (Å²) in [5, 5.41) is 15.6. The summed E-state index contributed by atoms with van der Waals surface area (Å²) in [6.07, 6.45) is 5.34. The van der Waals surface area contributed by atoms with Crippen molar-refractivity contribution in [2.45, 2.75) is 37.8 Å². The van der Waals surface area contributed by atoms with Crippen molar-refractivity contribution < 1.29 is 5.11 Å². The maximum Gasteiger partial charge on any atom is 0.205 e. The molecule has 0 unspecified atom stereocenters. The number of rotatable bonds is 1. The first-order chi connectivity index (χ1) is 9.65. The van der Waals surface area contributed by atoms with Crippen molar-refractivity contribution in [1.29, 1.82) is 0 Å². The van der Waals surface area contributed by atoms with E-state index in [9.17, 15) is 5.11 Å². The Morgan fingerprint density at radius 3 is 2.75 bits per heavy atom. The highest BCUT2D eigenvalue weighted by atomic mass is 16.3. The normalized spacial score (nSPS) is 20.8. The van der Waals surface area contributed by atoms with E-state index in [-0.39, 0.29) is 5.75 Å². The average Bonchev–Trinajstić information content (AvgIpc) is 2.38. The zero-order valence-corrected chi connectivity index (χ0v) is 11.3. The molecule has 6 heteroatoms. The number of phenols is 1. The third-order valence-electron chi connectivity index (χ3n) is 3.66. The monoisotopic (exact) mass is 273 g/mol. The lowest BCUT2D eigenvalue weighted by molar-refractivity contribution is 0.307. The number of phenolic OH excluding ortho intramolecular Hbond substituents is 1. The first-order valence-corrected chi connectivity index (χ1v) is 6.94. The quantitative estimate of drug-likeness (QED) is 0.627. The van der Waals surface area contributed by atoms with Gasteiger partial charge in [-0.15, -0.1) is 0 Å². The van der Waals surface area contributed by atoms with Gasteiger partial charge in [-0.2, -0.15) is 0 Å². The third-order valence-corrected chi connectivity index (χ3v) is 3.66. The molecule has 1 aromatic rings. The van der Waals surface area contributed by atoms with Crippen molar-refractivity contribution in [3.63, 3.8) is 0 Å². The van der Waals surface area contributed by atoms with Gasteiger partial charge in [0.1, 0.15) is 5.75 Å². The van der Waals surface area contributed by atoms with Gasteiger partial charge in [0.15, 0.2) is 11.6 Å². The zero-order chi connectivity index (χ0) is 14.0. The predicted molar refractivity (Wildman–Crippen MR) is 79.7 cm³/mol. The number of hydrogen-bond donors (Lipinski definition) is 4. The molecule has 0 bridgehead atoms. The van der Waals surface area contributed by atoms with Crippen molar-refractivity contribution in [3.8, 4) is 5.75 Å². The van der Waals surface area contributed by atoms with Gasteiger partial charge >= 0.3 is 0 Å². The molecule has 1 aliphatic carbocycles. The van der Waals surface area contributed by atoms with Crippen LogP contribution >= 0.6 is 0 Å². The summed E-state index contributed by atoms with van der Waals surface area (Å²) >= 11 is 0. The molecule has 1 aliphatic heterocycles. The van der Waals surface area contributed by atoms with Crippen molar-refractivity contribution >= 4 is 17.6 Å². The lowest BCUT2D eigenvalue weighted by Gasteiger charge is -2.34. The van der Waals surface area contributed by atoms with Crippen LogP contribution in [0.3, 0.4) is 0 Å². The summed E-state index contributed by atoms with van der Waals surface area (Å²) in [6.45, 7) is 0. The predicted octanol–water partition coefficient (Wildman–Crippen LogP) is 1.74. The number of nitrogens with zero attached hydrogens (tertiary/aromatic N) is 2. The van der Waals surface area contributed by atoms with Gasteiger partial charge in [0.25, 0.3) is 0 Å². The highest BCUT2D eigenvalue weighted by Gasteiger charge is 2.34. The molecule has 1 spiro atoms. The van der Waals surface area contributed by atoms with Crippen LogP contribution < -0.4 is 16.4 Å². The Hall–Kier alpha value is -2.24. The number of benzene rings is 1. The first kappa shape index (κ1) is 12.8. The summed E-state index contributed by atoms with van der Waals surface area (Å²) in [6, 6.07) is 6.90. The smallest absolute Gasteiger partial charge is 0.205 e. The van der Waals surface area contributed by atoms with E-state index in [2.05, 4.69) is 15.6 Å². The topological polar surface area (TPSA) is 95.0 Å². The maximum absolute atomic E-state index is 9.49.